The first kappa shape index (κ1) is 20.1. The Morgan fingerprint density at radius 1 is 1.42 bits per heavy atom. The minimum atomic E-state index is -4.74. The topological polar surface area (TPSA) is 77.5 Å². The average molecular weight is 455 g/mol. The number of alkyl halides is 3. The van der Waals surface area contributed by atoms with Crippen LogP contribution in [0.15, 0.2) is 35.5 Å². The number of aliphatic imine (C=N–C) groups is 1. The number of guanidine groups is 1. The van der Waals surface area contributed by atoms with Crippen molar-refractivity contribution >= 4 is 35.6 Å². The fourth-order valence-electron chi connectivity index (χ4n) is 1.83. The minimum absolute atomic E-state index is 0. The highest BCUT2D eigenvalue weighted by molar-refractivity contribution is 14.0. The molecule has 0 unspecified atom stereocenters. The van der Waals surface area contributed by atoms with Crippen LogP contribution in [-0.2, 0) is 13.6 Å². The van der Waals surface area contributed by atoms with Crippen molar-refractivity contribution in [2.24, 2.45) is 17.8 Å². The highest BCUT2D eigenvalue weighted by atomic mass is 127. The van der Waals surface area contributed by atoms with E-state index >= 15 is 0 Å². The number of halogens is 4. The Kier molecular flexibility index (Phi) is 6.87. The number of hydrogen-bond acceptors (Lipinski definition) is 3. The number of rotatable bonds is 4. The van der Waals surface area contributed by atoms with Crippen molar-refractivity contribution in [1.29, 1.82) is 0 Å². The monoisotopic (exact) mass is 455 g/mol. The van der Waals surface area contributed by atoms with Gasteiger partial charge in [0, 0.05) is 30.1 Å². The summed E-state index contributed by atoms with van der Waals surface area (Å²) >= 11 is 0. The van der Waals surface area contributed by atoms with Gasteiger partial charge in [-0.25, -0.2) is 4.99 Å². The molecule has 6 nitrogen and oxygen atoms in total. The number of anilines is 1. The smallest absolute Gasteiger partial charge is 0.406 e. The molecule has 0 radical (unpaired) electrons. The lowest BCUT2D eigenvalue weighted by Gasteiger charge is -2.11. The molecule has 0 aliphatic heterocycles. The molecule has 0 aliphatic carbocycles. The third-order valence-corrected chi connectivity index (χ3v) is 3.10. The molecule has 0 saturated heterocycles. The maximum absolute atomic E-state index is 12.2. The highest BCUT2D eigenvalue weighted by Gasteiger charge is 2.31. The summed E-state index contributed by atoms with van der Waals surface area (Å²) in [4.78, 5) is 4.14. The molecule has 0 aliphatic rings. The molecule has 24 heavy (non-hydrogen) atoms. The van der Waals surface area contributed by atoms with E-state index in [0.29, 0.717) is 12.2 Å². The zero-order chi connectivity index (χ0) is 17.0. The summed E-state index contributed by atoms with van der Waals surface area (Å²) in [6, 6.07) is 5.36. The van der Waals surface area contributed by atoms with Crippen LogP contribution in [0.3, 0.4) is 0 Å². The van der Waals surface area contributed by atoms with Crippen LogP contribution in [0.4, 0.5) is 18.9 Å². The van der Waals surface area contributed by atoms with E-state index < -0.39 is 6.36 Å². The third-order valence-electron chi connectivity index (χ3n) is 3.10. The van der Waals surface area contributed by atoms with Crippen molar-refractivity contribution in [3.63, 3.8) is 0 Å². The van der Waals surface area contributed by atoms with E-state index in [4.69, 9.17) is 5.73 Å². The van der Waals surface area contributed by atoms with Gasteiger partial charge >= 0.3 is 6.36 Å². The fraction of sp³-hybridized carbons (Fsp3) is 0.286. The van der Waals surface area contributed by atoms with Crippen molar-refractivity contribution in [2.45, 2.75) is 19.8 Å². The predicted molar refractivity (Wildman–Crippen MR) is 95.4 cm³/mol. The number of ether oxygens (including phenoxy) is 1. The van der Waals surface area contributed by atoms with E-state index in [1.807, 2.05) is 14.0 Å². The first-order chi connectivity index (χ1) is 10.7. The maximum Gasteiger partial charge on any atom is 0.573 e. The third kappa shape index (κ3) is 5.91. The van der Waals surface area contributed by atoms with Gasteiger partial charge in [0.15, 0.2) is 5.96 Å². The van der Waals surface area contributed by atoms with Crippen LogP contribution in [0, 0.1) is 6.92 Å². The molecule has 0 atom stereocenters. The zero-order valence-electron chi connectivity index (χ0n) is 13.0. The van der Waals surface area contributed by atoms with Gasteiger partial charge in [-0.05, 0) is 19.1 Å². The molecule has 1 heterocycles. The van der Waals surface area contributed by atoms with Gasteiger partial charge in [-0.2, -0.15) is 5.10 Å². The van der Waals surface area contributed by atoms with Gasteiger partial charge in [0.1, 0.15) is 5.75 Å². The van der Waals surface area contributed by atoms with E-state index in [0.717, 1.165) is 11.3 Å². The molecule has 1 aromatic heterocycles. The van der Waals surface area contributed by atoms with Crippen LogP contribution in [0.25, 0.3) is 0 Å². The molecule has 2 aromatic rings. The molecule has 0 fully saturated rings. The van der Waals surface area contributed by atoms with E-state index in [9.17, 15) is 13.2 Å². The van der Waals surface area contributed by atoms with Crippen LogP contribution in [0.5, 0.6) is 5.75 Å². The van der Waals surface area contributed by atoms with Crippen molar-refractivity contribution in [3.05, 3.63) is 41.7 Å². The zero-order valence-corrected chi connectivity index (χ0v) is 15.3. The second-order valence-electron chi connectivity index (χ2n) is 4.78. The Balaban J connectivity index is 0.00000288. The number of aromatic nitrogens is 2. The Labute approximate surface area is 153 Å². The summed E-state index contributed by atoms with van der Waals surface area (Å²) in [5.41, 5.74) is 7.95. The van der Waals surface area contributed by atoms with Crippen molar-refractivity contribution in [1.82, 2.24) is 9.78 Å². The normalized spacial score (nSPS) is 11.8. The second-order valence-corrected chi connectivity index (χ2v) is 4.78. The lowest BCUT2D eigenvalue weighted by molar-refractivity contribution is -0.274. The van der Waals surface area contributed by atoms with Gasteiger partial charge in [-0.1, -0.05) is 6.07 Å². The van der Waals surface area contributed by atoms with Crippen LogP contribution in [0.1, 0.15) is 11.3 Å². The van der Waals surface area contributed by atoms with E-state index in [1.54, 1.807) is 16.9 Å². The second kappa shape index (κ2) is 8.22. The Morgan fingerprint density at radius 3 is 2.71 bits per heavy atom. The number of nitrogens with zero attached hydrogens (tertiary/aromatic N) is 3. The Bertz CT molecular complexity index is 715. The molecule has 1 aromatic carbocycles. The predicted octanol–water partition coefficient (Wildman–Crippen LogP) is 3.17. The quantitative estimate of drug-likeness (QED) is 0.422. The summed E-state index contributed by atoms with van der Waals surface area (Å²) in [6.45, 7) is 2.22. The summed E-state index contributed by atoms with van der Waals surface area (Å²) in [7, 11) is 1.82. The molecule has 0 saturated carbocycles. The molecular weight excluding hydrogens is 438 g/mol. The molecule has 0 spiro atoms. The van der Waals surface area contributed by atoms with Gasteiger partial charge in [-0.3, -0.25) is 4.68 Å². The average Bonchev–Trinajstić information content (AvgIpc) is 2.75. The maximum atomic E-state index is 12.2. The van der Waals surface area contributed by atoms with Crippen molar-refractivity contribution in [2.75, 3.05) is 5.32 Å². The first-order valence-corrected chi connectivity index (χ1v) is 6.65. The molecule has 2 rings (SSSR count). The fourth-order valence-corrected chi connectivity index (χ4v) is 1.83. The molecule has 0 bridgehead atoms. The number of nitrogens with one attached hydrogen (secondary N) is 1. The van der Waals surface area contributed by atoms with Crippen molar-refractivity contribution < 1.29 is 17.9 Å². The Hall–Kier alpha value is -1.98. The van der Waals surface area contributed by atoms with Gasteiger partial charge in [0.2, 0.25) is 0 Å². The van der Waals surface area contributed by atoms with Crippen LogP contribution in [0.2, 0.25) is 0 Å². The van der Waals surface area contributed by atoms with Gasteiger partial charge in [0.05, 0.1) is 12.7 Å². The number of aryl methyl sites for hydroxylation is 1. The molecule has 0 amide bonds. The van der Waals surface area contributed by atoms with Crippen LogP contribution < -0.4 is 15.8 Å². The summed E-state index contributed by atoms with van der Waals surface area (Å²) in [5.74, 6) is -0.254. The van der Waals surface area contributed by atoms with Gasteiger partial charge in [-0.15, -0.1) is 37.1 Å². The molecular formula is C14H17F3IN5O. The van der Waals surface area contributed by atoms with E-state index in [1.165, 1.54) is 18.2 Å². The summed E-state index contributed by atoms with van der Waals surface area (Å²) in [5, 5.41) is 6.80. The van der Waals surface area contributed by atoms with Crippen LogP contribution >= 0.6 is 24.0 Å². The minimum Gasteiger partial charge on any atom is -0.406 e. The van der Waals surface area contributed by atoms with Crippen LogP contribution in [-0.4, -0.2) is 22.1 Å². The molecule has 3 N–H and O–H groups in total. The largest absolute Gasteiger partial charge is 0.573 e. The number of benzene rings is 1. The Morgan fingerprint density at radius 2 is 2.12 bits per heavy atom. The van der Waals surface area contributed by atoms with E-state index in [-0.39, 0.29) is 35.7 Å². The summed E-state index contributed by atoms with van der Waals surface area (Å²) in [6.07, 6.45) is -3.06. The van der Waals surface area contributed by atoms with Crippen molar-refractivity contribution in [3.8, 4) is 5.75 Å². The summed E-state index contributed by atoms with van der Waals surface area (Å²) < 4.78 is 42.1. The SMILES string of the molecule is Cc1c(CN=C(N)Nc2cccc(OC(F)(F)F)c2)cnn1C.I. The standard InChI is InChI=1S/C14H16F3N5O.HI/c1-9-10(8-20-22(9)2)7-19-13(18)21-11-4-3-5-12(6-11)23-14(15,16)17;/h3-6,8H,7H2,1-2H3,(H3,18,19,21);1H. The molecule has 132 valence electrons. The highest BCUT2D eigenvalue weighted by Crippen LogP contribution is 2.24. The van der Waals surface area contributed by atoms with Gasteiger partial charge < -0.3 is 15.8 Å². The lowest BCUT2D eigenvalue weighted by Crippen LogP contribution is -2.23. The van der Waals surface area contributed by atoms with E-state index in [2.05, 4.69) is 20.1 Å². The molecule has 10 heteroatoms. The van der Waals surface area contributed by atoms with Gasteiger partial charge in [0.25, 0.3) is 0 Å². The lowest BCUT2D eigenvalue weighted by atomic mass is 10.3. The number of nitrogens with two attached hydrogens (primary N) is 1. The first-order valence-electron chi connectivity index (χ1n) is 6.65. The number of hydrogen-bond donors (Lipinski definition) is 2.